The SMILES string of the molecule is CN1CCN(S(=O)(=O)c2ccc(C(=O)NC3CCC3)cc2)C[C@@H]1CO. The fraction of sp³-hybridized carbons (Fsp3) is 0.588. The molecule has 1 aromatic rings. The van der Waals surface area contributed by atoms with Crippen LogP contribution in [-0.4, -0.2) is 74.0 Å². The van der Waals surface area contributed by atoms with Crippen molar-refractivity contribution in [3.63, 3.8) is 0 Å². The molecule has 2 N–H and O–H groups in total. The summed E-state index contributed by atoms with van der Waals surface area (Å²) in [6, 6.07) is 6.13. The second-order valence-electron chi connectivity index (χ2n) is 6.81. The van der Waals surface area contributed by atoms with Crippen LogP contribution in [0, 0.1) is 0 Å². The number of likely N-dealkylation sites (N-methyl/N-ethyl adjacent to an activating group) is 1. The Morgan fingerprint density at radius 2 is 1.92 bits per heavy atom. The molecule has 1 aliphatic carbocycles. The number of hydrogen-bond donors (Lipinski definition) is 2. The summed E-state index contributed by atoms with van der Waals surface area (Å²) in [5, 5.41) is 12.3. The van der Waals surface area contributed by atoms with E-state index in [4.69, 9.17) is 0 Å². The predicted molar refractivity (Wildman–Crippen MR) is 93.8 cm³/mol. The van der Waals surface area contributed by atoms with Crippen molar-refractivity contribution in [1.29, 1.82) is 0 Å². The van der Waals surface area contributed by atoms with E-state index < -0.39 is 10.0 Å². The number of benzene rings is 1. The Bertz CT molecular complexity index is 716. The van der Waals surface area contributed by atoms with E-state index in [0.29, 0.717) is 18.7 Å². The lowest BCUT2D eigenvalue weighted by atomic mass is 9.93. The molecular formula is C17H25N3O4S. The van der Waals surface area contributed by atoms with Gasteiger partial charge in [-0.2, -0.15) is 4.31 Å². The summed E-state index contributed by atoms with van der Waals surface area (Å²) in [6.07, 6.45) is 3.16. The first-order chi connectivity index (χ1) is 11.9. The van der Waals surface area contributed by atoms with Crippen molar-refractivity contribution >= 4 is 15.9 Å². The molecule has 1 aromatic carbocycles. The number of carbonyl (C=O) groups is 1. The van der Waals surface area contributed by atoms with E-state index in [-0.39, 0.29) is 36.0 Å². The number of carbonyl (C=O) groups excluding carboxylic acids is 1. The van der Waals surface area contributed by atoms with Crippen LogP contribution in [0.2, 0.25) is 0 Å². The molecule has 7 nitrogen and oxygen atoms in total. The Hall–Kier alpha value is -1.48. The molecule has 0 radical (unpaired) electrons. The fourth-order valence-electron chi connectivity index (χ4n) is 3.08. The van der Waals surface area contributed by atoms with Crippen molar-refractivity contribution in [2.24, 2.45) is 0 Å². The first kappa shape index (κ1) is 18.3. The van der Waals surface area contributed by atoms with Crippen LogP contribution in [0.3, 0.4) is 0 Å². The van der Waals surface area contributed by atoms with Crippen molar-refractivity contribution < 1.29 is 18.3 Å². The van der Waals surface area contributed by atoms with Crippen molar-refractivity contribution in [1.82, 2.24) is 14.5 Å². The molecular weight excluding hydrogens is 342 g/mol. The Kier molecular flexibility index (Phi) is 5.43. The number of aliphatic hydroxyl groups is 1. The van der Waals surface area contributed by atoms with Crippen LogP contribution < -0.4 is 5.32 Å². The molecule has 25 heavy (non-hydrogen) atoms. The lowest BCUT2D eigenvalue weighted by molar-refractivity contribution is 0.0914. The Labute approximate surface area is 148 Å². The van der Waals surface area contributed by atoms with E-state index in [1.165, 1.54) is 16.4 Å². The minimum atomic E-state index is -3.62. The maximum absolute atomic E-state index is 12.8. The van der Waals surface area contributed by atoms with E-state index >= 15 is 0 Å². The monoisotopic (exact) mass is 367 g/mol. The van der Waals surface area contributed by atoms with Gasteiger partial charge in [-0.25, -0.2) is 8.42 Å². The van der Waals surface area contributed by atoms with Gasteiger partial charge in [0, 0.05) is 37.3 Å². The lowest BCUT2D eigenvalue weighted by Gasteiger charge is -2.37. The Morgan fingerprint density at radius 3 is 2.48 bits per heavy atom. The maximum atomic E-state index is 12.8. The molecule has 2 fully saturated rings. The van der Waals surface area contributed by atoms with Crippen molar-refractivity contribution in [3.05, 3.63) is 29.8 Å². The molecule has 0 unspecified atom stereocenters. The van der Waals surface area contributed by atoms with Crippen LogP contribution >= 0.6 is 0 Å². The van der Waals surface area contributed by atoms with Crippen LogP contribution in [0.1, 0.15) is 29.6 Å². The topological polar surface area (TPSA) is 90.0 Å². The molecule has 1 amide bonds. The summed E-state index contributed by atoms with van der Waals surface area (Å²) in [5.41, 5.74) is 0.470. The van der Waals surface area contributed by atoms with Gasteiger partial charge in [-0.1, -0.05) is 0 Å². The molecule has 1 heterocycles. The zero-order chi connectivity index (χ0) is 18.0. The van der Waals surface area contributed by atoms with E-state index in [1.54, 1.807) is 12.1 Å². The number of piperazine rings is 1. The van der Waals surface area contributed by atoms with Crippen LogP contribution in [0.4, 0.5) is 0 Å². The summed E-state index contributed by atoms with van der Waals surface area (Å²) in [7, 11) is -1.75. The molecule has 0 aromatic heterocycles. The summed E-state index contributed by atoms with van der Waals surface area (Å²) < 4.78 is 27.0. The quantitative estimate of drug-likeness (QED) is 0.780. The first-order valence-electron chi connectivity index (χ1n) is 8.64. The third-order valence-corrected chi connectivity index (χ3v) is 7.02. The molecule has 138 valence electrons. The Morgan fingerprint density at radius 1 is 1.24 bits per heavy atom. The van der Waals surface area contributed by atoms with Gasteiger partial charge in [0.1, 0.15) is 0 Å². The van der Waals surface area contributed by atoms with E-state index in [0.717, 1.165) is 19.3 Å². The zero-order valence-electron chi connectivity index (χ0n) is 14.4. The van der Waals surface area contributed by atoms with Crippen LogP contribution in [0.5, 0.6) is 0 Å². The molecule has 1 aliphatic heterocycles. The molecule has 1 saturated heterocycles. The van der Waals surface area contributed by atoms with Gasteiger partial charge in [0.2, 0.25) is 10.0 Å². The zero-order valence-corrected chi connectivity index (χ0v) is 15.2. The number of amides is 1. The molecule has 0 spiro atoms. The molecule has 3 rings (SSSR count). The van der Waals surface area contributed by atoms with Gasteiger partial charge in [0.25, 0.3) is 5.91 Å². The van der Waals surface area contributed by atoms with Gasteiger partial charge in [-0.3, -0.25) is 9.69 Å². The van der Waals surface area contributed by atoms with Crippen molar-refractivity contribution in [2.75, 3.05) is 33.3 Å². The van der Waals surface area contributed by atoms with E-state index in [1.807, 2.05) is 11.9 Å². The molecule has 2 aliphatic rings. The maximum Gasteiger partial charge on any atom is 0.251 e. The predicted octanol–water partition coefficient (Wildman–Crippen LogP) is 0.266. The number of sulfonamides is 1. The largest absolute Gasteiger partial charge is 0.395 e. The highest BCUT2D eigenvalue weighted by molar-refractivity contribution is 7.89. The average molecular weight is 367 g/mol. The van der Waals surface area contributed by atoms with E-state index in [2.05, 4.69) is 5.32 Å². The van der Waals surface area contributed by atoms with Gasteiger partial charge in [0.15, 0.2) is 0 Å². The standard InChI is InChI=1S/C17H25N3O4S/c1-19-9-10-20(11-15(19)12-21)25(23,24)16-7-5-13(6-8-16)17(22)18-14-3-2-4-14/h5-8,14-15,21H,2-4,9-12H2,1H3,(H,18,22)/t15-/m1/s1. The highest BCUT2D eigenvalue weighted by Crippen LogP contribution is 2.21. The number of nitrogens with one attached hydrogen (secondary N) is 1. The smallest absolute Gasteiger partial charge is 0.251 e. The highest BCUT2D eigenvalue weighted by Gasteiger charge is 2.32. The van der Waals surface area contributed by atoms with E-state index in [9.17, 15) is 18.3 Å². The van der Waals surface area contributed by atoms with Crippen LogP contribution in [0.15, 0.2) is 29.2 Å². The molecule has 1 atom stereocenters. The summed E-state index contributed by atoms with van der Waals surface area (Å²) in [6.45, 7) is 1.15. The van der Waals surface area contributed by atoms with Crippen LogP contribution in [-0.2, 0) is 10.0 Å². The fourth-order valence-corrected chi connectivity index (χ4v) is 4.55. The minimum Gasteiger partial charge on any atom is -0.395 e. The van der Waals surface area contributed by atoms with Gasteiger partial charge in [-0.05, 0) is 50.6 Å². The third kappa shape index (κ3) is 3.87. The number of rotatable bonds is 5. The lowest BCUT2D eigenvalue weighted by Crippen LogP contribution is -2.54. The first-order valence-corrected chi connectivity index (χ1v) is 10.1. The average Bonchev–Trinajstić information content (AvgIpc) is 2.58. The summed E-state index contributed by atoms with van der Waals surface area (Å²) >= 11 is 0. The molecule has 1 saturated carbocycles. The summed E-state index contributed by atoms with van der Waals surface area (Å²) in [4.78, 5) is 14.3. The third-order valence-electron chi connectivity index (χ3n) is 5.15. The van der Waals surface area contributed by atoms with Crippen LogP contribution in [0.25, 0.3) is 0 Å². The van der Waals surface area contributed by atoms with Gasteiger partial charge in [-0.15, -0.1) is 0 Å². The second kappa shape index (κ2) is 7.41. The highest BCUT2D eigenvalue weighted by atomic mass is 32.2. The van der Waals surface area contributed by atoms with Gasteiger partial charge >= 0.3 is 0 Å². The molecule has 0 bridgehead atoms. The van der Waals surface area contributed by atoms with Crippen molar-refractivity contribution in [3.8, 4) is 0 Å². The summed E-state index contributed by atoms with van der Waals surface area (Å²) in [5.74, 6) is -0.159. The van der Waals surface area contributed by atoms with Gasteiger partial charge < -0.3 is 10.4 Å². The van der Waals surface area contributed by atoms with Gasteiger partial charge in [0.05, 0.1) is 11.5 Å². The number of nitrogens with zero attached hydrogens (tertiary/aromatic N) is 2. The number of aliphatic hydroxyl groups excluding tert-OH is 1. The van der Waals surface area contributed by atoms with Crippen molar-refractivity contribution in [2.45, 2.75) is 36.2 Å². The Balaban J connectivity index is 1.70. The normalized spacial score (nSPS) is 23.2. The second-order valence-corrected chi connectivity index (χ2v) is 8.74. The molecule has 8 heteroatoms. The number of hydrogen-bond acceptors (Lipinski definition) is 5. The minimum absolute atomic E-state index is 0.0806.